The van der Waals surface area contributed by atoms with E-state index in [1.807, 2.05) is 0 Å². The lowest BCUT2D eigenvalue weighted by Crippen LogP contribution is -2.49. The van der Waals surface area contributed by atoms with Crippen LogP contribution in [0.3, 0.4) is 0 Å². The molecule has 0 aromatic heterocycles. The van der Waals surface area contributed by atoms with Crippen LogP contribution < -0.4 is 0 Å². The van der Waals surface area contributed by atoms with E-state index in [1.165, 1.54) is 50.5 Å². The summed E-state index contributed by atoms with van der Waals surface area (Å²) in [6.07, 6.45) is 17.2. The van der Waals surface area contributed by atoms with Gasteiger partial charge in [0, 0.05) is 5.41 Å². The lowest BCUT2D eigenvalue weighted by atomic mass is 9.47. The van der Waals surface area contributed by atoms with Crippen molar-refractivity contribution in [2.75, 3.05) is 0 Å². The zero-order valence-corrected chi connectivity index (χ0v) is 14.7. The molecule has 4 rings (SSSR count). The molecule has 0 aromatic carbocycles. The zero-order valence-electron chi connectivity index (χ0n) is 14.7. The molecule has 0 aromatic rings. The van der Waals surface area contributed by atoms with E-state index >= 15 is 0 Å². The second kappa shape index (κ2) is 4.86. The van der Waals surface area contributed by atoms with Crippen molar-refractivity contribution < 1.29 is 0 Å². The molecule has 0 spiro atoms. The van der Waals surface area contributed by atoms with Gasteiger partial charge in [-0.15, -0.1) is 0 Å². The molecule has 0 aliphatic heterocycles. The molecule has 4 aliphatic rings. The van der Waals surface area contributed by atoms with Crippen LogP contribution in [0.4, 0.5) is 0 Å². The smallest absolute Gasteiger partial charge is 0.0100 e. The molecule has 22 heavy (non-hydrogen) atoms. The van der Waals surface area contributed by atoms with Crippen LogP contribution in [0.5, 0.6) is 0 Å². The summed E-state index contributed by atoms with van der Waals surface area (Å²) >= 11 is 0. The van der Waals surface area contributed by atoms with Gasteiger partial charge in [0.15, 0.2) is 0 Å². The summed E-state index contributed by atoms with van der Waals surface area (Å²) in [6.45, 7) is 11.7. The molecule has 0 amide bonds. The average molecular weight is 296 g/mol. The molecule has 0 unspecified atom stereocenters. The highest BCUT2D eigenvalue weighted by Crippen LogP contribution is 2.66. The Kier molecular flexibility index (Phi) is 3.26. The van der Waals surface area contributed by atoms with Gasteiger partial charge in [-0.2, -0.15) is 0 Å². The first-order valence-electron chi connectivity index (χ1n) is 9.58. The van der Waals surface area contributed by atoms with Gasteiger partial charge in [0.05, 0.1) is 0 Å². The average Bonchev–Trinajstić information content (AvgIpc) is 2.84. The fourth-order valence-electron chi connectivity index (χ4n) is 7.05. The van der Waals surface area contributed by atoms with Crippen LogP contribution >= 0.6 is 0 Å². The number of rotatable bonds is 1. The van der Waals surface area contributed by atoms with E-state index in [-0.39, 0.29) is 0 Å². The van der Waals surface area contributed by atoms with E-state index in [4.69, 9.17) is 0 Å². The topological polar surface area (TPSA) is 0 Å². The van der Waals surface area contributed by atoms with E-state index in [0.29, 0.717) is 10.8 Å². The summed E-state index contributed by atoms with van der Waals surface area (Å²) in [5.74, 6) is 3.83. The number of hydrogen-bond donors (Lipinski definition) is 0. The minimum Gasteiger partial charge on any atom is -0.0918 e. The maximum atomic E-state index is 4.16. The van der Waals surface area contributed by atoms with Crippen molar-refractivity contribution >= 4 is 0 Å². The van der Waals surface area contributed by atoms with Crippen LogP contribution in [-0.2, 0) is 0 Å². The SMILES string of the molecule is C=C1C=C[C@@]2(C)C(=C1)CC[C@H]1[C@@H]3CC[C@H](CC)[C@@]3(C)CC[C@@H]12. The van der Waals surface area contributed by atoms with E-state index in [0.717, 1.165) is 23.7 Å². The summed E-state index contributed by atoms with van der Waals surface area (Å²) in [7, 11) is 0. The molecule has 4 aliphatic carbocycles. The molecular formula is C22H32. The van der Waals surface area contributed by atoms with Crippen LogP contribution in [-0.4, -0.2) is 0 Å². The molecule has 0 N–H and O–H groups in total. The third-order valence-electron chi connectivity index (χ3n) is 8.34. The second-order valence-corrected chi connectivity index (χ2v) is 9.00. The van der Waals surface area contributed by atoms with Crippen molar-refractivity contribution in [1.82, 2.24) is 0 Å². The third-order valence-corrected chi connectivity index (χ3v) is 8.34. The molecule has 0 saturated heterocycles. The number of fused-ring (bicyclic) bond motifs is 5. The van der Waals surface area contributed by atoms with Crippen molar-refractivity contribution in [1.29, 1.82) is 0 Å². The number of allylic oxidation sites excluding steroid dienone is 5. The maximum absolute atomic E-state index is 4.16. The minimum atomic E-state index is 0.329. The van der Waals surface area contributed by atoms with Gasteiger partial charge < -0.3 is 0 Å². The van der Waals surface area contributed by atoms with Crippen LogP contribution in [0.1, 0.15) is 65.7 Å². The zero-order chi connectivity index (χ0) is 15.5. The maximum Gasteiger partial charge on any atom is 0.0100 e. The summed E-state index contributed by atoms with van der Waals surface area (Å²) in [5.41, 5.74) is 3.86. The molecule has 0 nitrogen and oxygen atoms in total. The van der Waals surface area contributed by atoms with Gasteiger partial charge in [0.2, 0.25) is 0 Å². The summed E-state index contributed by atoms with van der Waals surface area (Å²) < 4.78 is 0. The van der Waals surface area contributed by atoms with Crippen molar-refractivity contribution in [3.8, 4) is 0 Å². The minimum absolute atomic E-state index is 0.329. The Balaban J connectivity index is 1.68. The van der Waals surface area contributed by atoms with Crippen molar-refractivity contribution in [3.63, 3.8) is 0 Å². The van der Waals surface area contributed by atoms with Crippen LogP contribution in [0.2, 0.25) is 0 Å². The fraction of sp³-hybridized carbons (Fsp3) is 0.727. The van der Waals surface area contributed by atoms with Crippen LogP contribution in [0.15, 0.2) is 36.0 Å². The van der Waals surface area contributed by atoms with Gasteiger partial charge in [0.1, 0.15) is 0 Å². The Morgan fingerprint density at radius 2 is 1.95 bits per heavy atom. The predicted octanol–water partition coefficient (Wildman–Crippen LogP) is 6.31. The Hall–Kier alpha value is -0.780. The van der Waals surface area contributed by atoms with Crippen molar-refractivity contribution in [3.05, 3.63) is 36.0 Å². The first-order chi connectivity index (χ1) is 10.5. The van der Waals surface area contributed by atoms with Gasteiger partial charge in [-0.25, -0.2) is 0 Å². The van der Waals surface area contributed by atoms with Gasteiger partial charge in [-0.1, -0.05) is 57.6 Å². The quantitative estimate of drug-likeness (QED) is 0.532. The van der Waals surface area contributed by atoms with E-state index in [9.17, 15) is 0 Å². The van der Waals surface area contributed by atoms with Crippen LogP contribution in [0.25, 0.3) is 0 Å². The van der Waals surface area contributed by atoms with E-state index in [2.05, 4.69) is 45.6 Å². The van der Waals surface area contributed by atoms with Gasteiger partial charge in [0.25, 0.3) is 0 Å². The molecule has 3 saturated carbocycles. The normalized spacial score (nSPS) is 50.1. The monoisotopic (exact) mass is 296 g/mol. The molecule has 0 heteroatoms. The Labute approximate surface area is 136 Å². The second-order valence-electron chi connectivity index (χ2n) is 9.00. The molecule has 0 radical (unpaired) electrons. The molecular weight excluding hydrogens is 264 g/mol. The molecule has 0 heterocycles. The predicted molar refractivity (Wildman–Crippen MR) is 94.5 cm³/mol. The van der Waals surface area contributed by atoms with Crippen molar-refractivity contribution in [2.24, 2.45) is 34.5 Å². The molecule has 3 fully saturated rings. The Morgan fingerprint density at radius 3 is 2.73 bits per heavy atom. The highest BCUT2D eigenvalue weighted by molar-refractivity contribution is 5.43. The first kappa shape index (κ1) is 14.8. The molecule has 0 bridgehead atoms. The fourth-order valence-corrected chi connectivity index (χ4v) is 7.05. The van der Waals surface area contributed by atoms with Crippen LogP contribution in [0, 0.1) is 34.5 Å². The standard InChI is InChI=1S/C22H32/c1-5-16-7-9-19-18-8-6-17-14-15(2)10-12-22(17,4)20(18)11-13-21(16,19)3/h10,12,14,16,18-20H,2,5-9,11,13H2,1,3-4H3/t16-,18-,19-,20-,21+,22-/m0/s1. The summed E-state index contributed by atoms with van der Waals surface area (Å²) in [6, 6.07) is 0. The molecule has 6 atom stereocenters. The molecule has 120 valence electrons. The highest BCUT2D eigenvalue weighted by Gasteiger charge is 2.57. The summed E-state index contributed by atoms with van der Waals surface area (Å²) in [4.78, 5) is 0. The number of hydrogen-bond acceptors (Lipinski definition) is 0. The lowest BCUT2D eigenvalue weighted by Gasteiger charge is -2.57. The van der Waals surface area contributed by atoms with Gasteiger partial charge >= 0.3 is 0 Å². The largest absolute Gasteiger partial charge is 0.0918 e. The van der Waals surface area contributed by atoms with Gasteiger partial charge in [-0.3, -0.25) is 0 Å². The van der Waals surface area contributed by atoms with E-state index in [1.54, 1.807) is 5.57 Å². The van der Waals surface area contributed by atoms with Crippen molar-refractivity contribution in [2.45, 2.75) is 65.7 Å². The van der Waals surface area contributed by atoms with E-state index < -0.39 is 0 Å². The lowest BCUT2D eigenvalue weighted by molar-refractivity contribution is -0.0339. The highest BCUT2D eigenvalue weighted by atomic mass is 14.6. The Bertz CT molecular complexity index is 550. The Morgan fingerprint density at radius 1 is 1.14 bits per heavy atom. The van der Waals surface area contributed by atoms with Gasteiger partial charge in [-0.05, 0) is 73.2 Å². The first-order valence-corrected chi connectivity index (χ1v) is 9.58. The third kappa shape index (κ3) is 1.82. The summed E-state index contributed by atoms with van der Waals surface area (Å²) in [5, 5.41) is 0.